The largest absolute Gasteiger partial charge is 0.315 e. The van der Waals surface area contributed by atoms with Gasteiger partial charge in [-0.15, -0.1) is 0 Å². The van der Waals surface area contributed by atoms with Gasteiger partial charge in [-0.2, -0.15) is 0 Å². The van der Waals surface area contributed by atoms with Crippen LogP contribution in [0.5, 0.6) is 0 Å². The van der Waals surface area contributed by atoms with Crippen LogP contribution in [-0.2, 0) is 0 Å². The molecule has 0 unspecified atom stereocenters. The van der Waals surface area contributed by atoms with Gasteiger partial charge in [0.1, 0.15) is 5.45 Å². The number of halogens is 1. The van der Waals surface area contributed by atoms with Crippen molar-refractivity contribution in [2.75, 3.05) is 25.1 Å². The van der Waals surface area contributed by atoms with E-state index in [0.717, 1.165) is 5.45 Å². The molecule has 0 aliphatic carbocycles. The fourth-order valence-corrected chi connectivity index (χ4v) is 1.99. The van der Waals surface area contributed by atoms with Crippen molar-refractivity contribution in [2.24, 2.45) is 0 Å². The summed E-state index contributed by atoms with van der Waals surface area (Å²) >= 11 is 3.53. The molecular formula is C7H17BrN+. The van der Waals surface area contributed by atoms with Crippen LogP contribution in [-0.4, -0.2) is 29.6 Å². The normalized spacial score (nSPS) is 12.0. The molecule has 0 amide bonds. The number of quaternary nitrogens is 1. The minimum Gasteiger partial charge on any atom is -0.315 e. The van der Waals surface area contributed by atoms with E-state index < -0.39 is 0 Å². The van der Waals surface area contributed by atoms with E-state index in [4.69, 9.17) is 0 Å². The Morgan fingerprint density at radius 1 is 1.00 bits per heavy atom. The average molecular weight is 195 g/mol. The van der Waals surface area contributed by atoms with Crippen LogP contribution in [0.4, 0.5) is 0 Å². The van der Waals surface area contributed by atoms with Gasteiger partial charge in [0.25, 0.3) is 0 Å². The van der Waals surface area contributed by atoms with Crippen LogP contribution in [0.1, 0.15) is 20.8 Å². The predicted octanol–water partition coefficient (Wildman–Crippen LogP) is 2.22. The third-order valence-electron chi connectivity index (χ3n) is 2.27. The maximum absolute atomic E-state index is 3.53. The summed E-state index contributed by atoms with van der Waals surface area (Å²) in [6, 6.07) is 0. The highest BCUT2D eigenvalue weighted by Crippen LogP contribution is 2.07. The van der Waals surface area contributed by atoms with Crippen molar-refractivity contribution < 1.29 is 4.48 Å². The Hall–Kier alpha value is 0.440. The Bertz CT molecular complexity index is 51.8. The van der Waals surface area contributed by atoms with Gasteiger partial charge in [0.05, 0.1) is 19.6 Å². The molecule has 0 saturated heterocycles. The van der Waals surface area contributed by atoms with Crippen molar-refractivity contribution in [1.82, 2.24) is 0 Å². The Morgan fingerprint density at radius 2 is 1.33 bits per heavy atom. The number of alkyl halides is 1. The lowest BCUT2D eigenvalue weighted by atomic mass is 10.4. The highest BCUT2D eigenvalue weighted by molar-refractivity contribution is 9.09. The van der Waals surface area contributed by atoms with Gasteiger partial charge in [0.2, 0.25) is 0 Å². The van der Waals surface area contributed by atoms with Gasteiger partial charge in [-0.3, -0.25) is 0 Å². The summed E-state index contributed by atoms with van der Waals surface area (Å²) in [5.41, 5.74) is 1.09. The molecule has 0 N–H and O–H groups in total. The molecule has 0 aromatic heterocycles. The summed E-state index contributed by atoms with van der Waals surface area (Å²) < 4.78 is 1.19. The molecule has 0 radical (unpaired) electrons. The minimum absolute atomic E-state index is 1.09. The van der Waals surface area contributed by atoms with Crippen LogP contribution in [0.15, 0.2) is 0 Å². The van der Waals surface area contributed by atoms with E-state index >= 15 is 0 Å². The van der Waals surface area contributed by atoms with Crippen LogP contribution in [0.2, 0.25) is 0 Å². The topological polar surface area (TPSA) is 0 Å². The van der Waals surface area contributed by atoms with Gasteiger partial charge in [-0.05, 0) is 36.7 Å². The summed E-state index contributed by atoms with van der Waals surface area (Å²) in [4.78, 5) is 0. The SMILES string of the molecule is CC[N+](CC)(CC)CBr. The molecule has 0 rings (SSSR count). The maximum Gasteiger partial charge on any atom is 0.134 e. The van der Waals surface area contributed by atoms with Crippen molar-refractivity contribution in [3.05, 3.63) is 0 Å². The molecular weight excluding hydrogens is 178 g/mol. The fraction of sp³-hybridized carbons (Fsp3) is 1.00. The first-order valence-corrected chi connectivity index (χ1v) is 4.77. The maximum atomic E-state index is 3.53. The lowest BCUT2D eigenvalue weighted by molar-refractivity contribution is -0.910. The van der Waals surface area contributed by atoms with E-state index in [1.54, 1.807) is 0 Å². The number of hydrogen-bond donors (Lipinski definition) is 0. The van der Waals surface area contributed by atoms with Crippen molar-refractivity contribution in [3.8, 4) is 0 Å². The van der Waals surface area contributed by atoms with Gasteiger partial charge in [0.15, 0.2) is 0 Å². The summed E-state index contributed by atoms with van der Waals surface area (Å²) in [7, 11) is 0. The highest BCUT2D eigenvalue weighted by Gasteiger charge is 2.17. The Labute approximate surface area is 66.8 Å². The van der Waals surface area contributed by atoms with Crippen LogP contribution < -0.4 is 0 Å². The van der Waals surface area contributed by atoms with Crippen molar-refractivity contribution in [3.63, 3.8) is 0 Å². The molecule has 0 spiro atoms. The molecule has 1 nitrogen and oxygen atoms in total. The molecule has 0 fully saturated rings. The van der Waals surface area contributed by atoms with Crippen LogP contribution >= 0.6 is 15.9 Å². The van der Waals surface area contributed by atoms with E-state index in [0.29, 0.717) is 0 Å². The van der Waals surface area contributed by atoms with Crippen molar-refractivity contribution in [1.29, 1.82) is 0 Å². The van der Waals surface area contributed by atoms with E-state index in [2.05, 4.69) is 36.7 Å². The zero-order valence-corrected chi connectivity index (χ0v) is 8.24. The zero-order valence-electron chi connectivity index (χ0n) is 6.65. The summed E-state index contributed by atoms with van der Waals surface area (Å²) in [5.74, 6) is 0. The van der Waals surface area contributed by atoms with E-state index in [-0.39, 0.29) is 0 Å². The first-order chi connectivity index (χ1) is 4.24. The summed E-state index contributed by atoms with van der Waals surface area (Å²) in [5, 5.41) is 0. The third kappa shape index (κ3) is 2.26. The molecule has 2 heteroatoms. The summed E-state index contributed by atoms with van der Waals surface area (Å²) in [6.07, 6.45) is 0. The monoisotopic (exact) mass is 194 g/mol. The molecule has 0 aromatic rings. The molecule has 56 valence electrons. The first-order valence-electron chi connectivity index (χ1n) is 3.65. The fourth-order valence-electron chi connectivity index (χ4n) is 0.924. The molecule has 0 bridgehead atoms. The van der Waals surface area contributed by atoms with Crippen LogP contribution in [0.3, 0.4) is 0 Å². The molecule has 0 aliphatic heterocycles. The second-order valence-electron chi connectivity index (χ2n) is 2.41. The van der Waals surface area contributed by atoms with Gasteiger partial charge < -0.3 is 4.48 Å². The third-order valence-corrected chi connectivity index (χ3v) is 3.33. The second kappa shape index (κ2) is 4.29. The summed E-state index contributed by atoms with van der Waals surface area (Å²) in [6.45, 7) is 10.4. The molecule has 9 heavy (non-hydrogen) atoms. The van der Waals surface area contributed by atoms with Gasteiger partial charge in [-0.25, -0.2) is 0 Å². The molecule has 0 saturated carbocycles. The lowest BCUT2D eigenvalue weighted by Gasteiger charge is -2.33. The minimum atomic E-state index is 1.09. The molecule has 0 atom stereocenters. The number of rotatable bonds is 4. The number of nitrogens with zero attached hydrogens (tertiary/aromatic N) is 1. The molecule has 0 heterocycles. The first kappa shape index (κ1) is 9.44. The van der Waals surface area contributed by atoms with Crippen LogP contribution in [0.25, 0.3) is 0 Å². The van der Waals surface area contributed by atoms with Crippen molar-refractivity contribution in [2.45, 2.75) is 20.8 Å². The Balaban J connectivity index is 3.82. The van der Waals surface area contributed by atoms with Gasteiger partial charge in [-0.1, -0.05) is 0 Å². The van der Waals surface area contributed by atoms with E-state index in [1.165, 1.54) is 24.1 Å². The highest BCUT2D eigenvalue weighted by atomic mass is 79.9. The van der Waals surface area contributed by atoms with Crippen molar-refractivity contribution >= 4 is 15.9 Å². The molecule has 0 aromatic carbocycles. The smallest absolute Gasteiger partial charge is 0.134 e. The zero-order chi connectivity index (χ0) is 7.33. The standard InChI is InChI=1S/C7H17BrN/c1-4-9(5-2,6-3)7-8/h4-7H2,1-3H3/q+1. The predicted molar refractivity (Wildman–Crippen MR) is 45.7 cm³/mol. The second-order valence-corrected chi connectivity index (χ2v) is 2.91. The Kier molecular flexibility index (Phi) is 4.50. The molecule has 0 aliphatic rings. The van der Waals surface area contributed by atoms with E-state index in [1.807, 2.05) is 0 Å². The van der Waals surface area contributed by atoms with E-state index in [9.17, 15) is 0 Å². The quantitative estimate of drug-likeness (QED) is 0.366. The lowest BCUT2D eigenvalue weighted by Crippen LogP contribution is -2.46. The average Bonchev–Trinajstić information content (AvgIpc) is 1.95. The van der Waals surface area contributed by atoms with Gasteiger partial charge >= 0.3 is 0 Å². The Morgan fingerprint density at radius 3 is 1.33 bits per heavy atom. The van der Waals surface area contributed by atoms with Gasteiger partial charge in [0, 0.05) is 0 Å². The van der Waals surface area contributed by atoms with Crippen LogP contribution in [0, 0.1) is 0 Å². The number of hydrogen-bond acceptors (Lipinski definition) is 0.